The van der Waals surface area contributed by atoms with Crippen molar-refractivity contribution in [1.82, 2.24) is 0 Å². The monoisotopic (exact) mass is 248 g/mol. The molecule has 0 bridgehead atoms. The zero-order chi connectivity index (χ0) is 13.5. The summed E-state index contributed by atoms with van der Waals surface area (Å²) in [6.07, 6.45) is 2.00. The van der Waals surface area contributed by atoms with Crippen LogP contribution in [0.3, 0.4) is 0 Å². The molecule has 1 aromatic carbocycles. The van der Waals surface area contributed by atoms with Gasteiger partial charge in [0.15, 0.2) is 0 Å². The third-order valence-corrected chi connectivity index (χ3v) is 3.61. The number of amides is 1. The van der Waals surface area contributed by atoms with E-state index in [0.29, 0.717) is 5.69 Å². The number of phenolic OH excluding ortho intramolecular Hbond substituents is 1. The highest BCUT2D eigenvalue weighted by atomic mass is 16.3. The largest absolute Gasteiger partial charge is 0.505 e. The first kappa shape index (κ1) is 12.9. The number of rotatable bonds is 3. The normalized spacial score (nSPS) is 18.2. The molecule has 1 saturated carbocycles. The maximum absolute atomic E-state index is 12.1. The molecule has 1 fully saturated rings. The summed E-state index contributed by atoms with van der Waals surface area (Å²) >= 11 is 0. The summed E-state index contributed by atoms with van der Waals surface area (Å²) in [5, 5.41) is 12.7. The van der Waals surface area contributed by atoms with E-state index in [4.69, 9.17) is 5.73 Å². The predicted molar refractivity (Wildman–Crippen MR) is 71.5 cm³/mol. The summed E-state index contributed by atoms with van der Waals surface area (Å²) in [5.74, 6) is 0.136. The topological polar surface area (TPSA) is 75.3 Å². The first-order valence-electron chi connectivity index (χ1n) is 6.23. The van der Waals surface area contributed by atoms with E-state index in [-0.39, 0.29) is 17.6 Å². The third-order valence-electron chi connectivity index (χ3n) is 3.61. The average Bonchev–Trinajstić information content (AvgIpc) is 3.08. The Morgan fingerprint density at radius 2 is 2.06 bits per heavy atom. The van der Waals surface area contributed by atoms with Crippen LogP contribution >= 0.6 is 0 Å². The molecule has 1 unspecified atom stereocenters. The molecule has 0 aliphatic heterocycles. The molecule has 1 amide bonds. The van der Waals surface area contributed by atoms with Crippen molar-refractivity contribution < 1.29 is 9.90 Å². The van der Waals surface area contributed by atoms with Gasteiger partial charge in [0.25, 0.3) is 0 Å². The highest BCUT2D eigenvalue weighted by Gasteiger charge is 2.44. The zero-order valence-electron chi connectivity index (χ0n) is 11.1. The molecule has 0 aromatic heterocycles. The number of carbonyl (C=O) groups is 1. The summed E-state index contributed by atoms with van der Waals surface area (Å²) in [7, 11) is 0. The minimum Gasteiger partial charge on any atom is -0.505 e. The molecule has 1 aliphatic rings. The van der Waals surface area contributed by atoms with Gasteiger partial charge in [-0.2, -0.15) is 0 Å². The highest BCUT2D eigenvalue weighted by Crippen LogP contribution is 2.39. The van der Waals surface area contributed by atoms with Crippen molar-refractivity contribution in [3.63, 3.8) is 0 Å². The van der Waals surface area contributed by atoms with Crippen molar-refractivity contribution in [3.05, 3.63) is 23.3 Å². The van der Waals surface area contributed by atoms with Crippen LogP contribution in [0, 0.1) is 19.8 Å². The van der Waals surface area contributed by atoms with Crippen LogP contribution in [0.5, 0.6) is 5.75 Å². The fraction of sp³-hybridized carbons (Fsp3) is 0.500. The van der Waals surface area contributed by atoms with Gasteiger partial charge in [0.2, 0.25) is 5.91 Å². The van der Waals surface area contributed by atoms with Crippen LogP contribution in [-0.2, 0) is 4.79 Å². The minimum atomic E-state index is -0.857. The molecule has 1 atom stereocenters. The smallest absolute Gasteiger partial charge is 0.244 e. The van der Waals surface area contributed by atoms with Gasteiger partial charge in [-0.3, -0.25) is 4.79 Å². The lowest BCUT2D eigenvalue weighted by Gasteiger charge is -2.23. The van der Waals surface area contributed by atoms with Crippen LogP contribution in [0.15, 0.2) is 12.1 Å². The number of carbonyl (C=O) groups excluding carboxylic acids is 1. The minimum absolute atomic E-state index is 0.112. The van der Waals surface area contributed by atoms with Crippen molar-refractivity contribution in [1.29, 1.82) is 0 Å². The van der Waals surface area contributed by atoms with Gasteiger partial charge in [0.1, 0.15) is 5.75 Å². The number of anilines is 1. The molecule has 98 valence electrons. The van der Waals surface area contributed by atoms with Crippen LogP contribution in [-0.4, -0.2) is 16.6 Å². The molecule has 1 aromatic rings. The maximum atomic E-state index is 12.1. The fourth-order valence-electron chi connectivity index (χ4n) is 2.18. The van der Waals surface area contributed by atoms with Crippen LogP contribution in [0.1, 0.15) is 30.9 Å². The maximum Gasteiger partial charge on any atom is 0.244 e. The van der Waals surface area contributed by atoms with Crippen molar-refractivity contribution in [3.8, 4) is 5.75 Å². The Kier molecular flexibility index (Phi) is 3.07. The van der Waals surface area contributed by atoms with E-state index in [1.165, 1.54) is 0 Å². The second-order valence-electron chi connectivity index (χ2n) is 5.49. The zero-order valence-corrected chi connectivity index (χ0v) is 11.1. The number of benzene rings is 1. The molecule has 4 heteroatoms. The van der Waals surface area contributed by atoms with E-state index in [9.17, 15) is 9.90 Å². The Hall–Kier alpha value is -1.55. The number of nitrogens with two attached hydrogens (primary N) is 1. The van der Waals surface area contributed by atoms with E-state index in [1.54, 1.807) is 19.9 Å². The number of hydrogen-bond acceptors (Lipinski definition) is 3. The number of hydrogen-bond donors (Lipinski definition) is 3. The lowest BCUT2D eigenvalue weighted by Crippen LogP contribution is -2.50. The standard InChI is InChI=1S/C14H20N2O2/c1-8-6-9(2)12(17)11(7-8)16-13(18)14(3,15)10-4-5-10/h6-7,10,17H,4-5,15H2,1-3H3,(H,16,18). The van der Waals surface area contributed by atoms with E-state index in [0.717, 1.165) is 24.0 Å². The van der Waals surface area contributed by atoms with E-state index in [2.05, 4.69) is 5.32 Å². The summed E-state index contributed by atoms with van der Waals surface area (Å²) in [6.45, 7) is 5.48. The van der Waals surface area contributed by atoms with Crippen LogP contribution in [0.4, 0.5) is 5.69 Å². The molecule has 0 radical (unpaired) electrons. The van der Waals surface area contributed by atoms with Gasteiger partial charge in [-0.1, -0.05) is 6.07 Å². The second-order valence-corrected chi connectivity index (χ2v) is 5.49. The number of nitrogens with one attached hydrogen (secondary N) is 1. The fourth-order valence-corrected chi connectivity index (χ4v) is 2.18. The van der Waals surface area contributed by atoms with Crippen molar-refractivity contribution in [2.24, 2.45) is 11.7 Å². The Labute approximate surface area is 107 Å². The highest BCUT2D eigenvalue weighted by molar-refractivity contribution is 5.99. The van der Waals surface area contributed by atoms with Gasteiger partial charge in [-0.05, 0) is 56.7 Å². The van der Waals surface area contributed by atoms with Crippen LogP contribution in [0.25, 0.3) is 0 Å². The Morgan fingerprint density at radius 1 is 1.44 bits per heavy atom. The van der Waals surface area contributed by atoms with Gasteiger partial charge in [0, 0.05) is 0 Å². The molecule has 0 spiro atoms. The molecule has 0 saturated heterocycles. The lowest BCUT2D eigenvalue weighted by molar-refractivity contribution is -0.121. The van der Waals surface area contributed by atoms with Gasteiger partial charge in [-0.15, -0.1) is 0 Å². The van der Waals surface area contributed by atoms with Gasteiger partial charge >= 0.3 is 0 Å². The number of aromatic hydroxyl groups is 1. The van der Waals surface area contributed by atoms with Crippen molar-refractivity contribution in [2.45, 2.75) is 39.2 Å². The molecular weight excluding hydrogens is 228 g/mol. The van der Waals surface area contributed by atoms with Gasteiger partial charge < -0.3 is 16.2 Å². The summed E-state index contributed by atoms with van der Waals surface area (Å²) in [6, 6.07) is 3.62. The molecule has 1 aliphatic carbocycles. The summed E-state index contributed by atoms with van der Waals surface area (Å²) in [4.78, 5) is 12.1. The van der Waals surface area contributed by atoms with Crippen molar-refractivity contribution in [2.75, 3.05) is 5.32 Å². The van der Waals surface area contributed by atoms with Gasteiger partial charge in [-0.25, -0.2) is 0 Å². The van der Waals surface area contributed by atoms with Crippen molar-refractivity contribution >= 4 is 11.6 Å². The SMILES string of the molecule is Cc1cc(C)c(O)c(NC(=O)C(C)(N)C2CC2)c1. The van der Waals surface area contributed by atoms with E-state index in [1.807, 2.05) is 13.0 Å². The Bertz CT molecular complexity index is 491. The van der Waals surface area contributed by atoms with E-state index >= 15 is 0 Å². The molecule has 18 heavy (non-hydrogen) atoms. The average molecular weight is 248 g/mol. The van der Waals surface area contributed by atoms with Crippen LogP contribution in [0.2, 0.25) is 0 Å². The van der Waals surface area contributed by atoms with Crippen LogP contribution < -0.4 is 11.1 Å². The predicted octanol–water partition coefficient (Wildman–Crippen LogP) is 2.07. The first-order valence-corrected chi connectivity index (χ1v) is 6.23. The molecular formula is C14H20N2O2. The number of phenols is 1. The summed E-state index contributed by atoms with van der Waals surface area (Å²) in [5.41, 5.74) is 7.37. The van der Waals surface area contributed by atoms with E-state index < -0.39 is 5.54 Å². The quantitative estimate of drug-likeness (QED) is 0.717. The number of aryl methyl sites for hydroxylation is 2. The molecule has 2 rings (SSSR count). The molecule has 0 heterocycles. The second kappa shape index (κ2) is 4.28. The Morgan fingerprint density at radius 3 is 2.61 bits per heavy atom. The lowest BCUT2D eigenvalue weighted by atomic mass is 9.96. The van der Waals surface area contributed by atoms with Gasteiger partial charge in [0.05, 0.1) is 11.2 Å². The molecule has 4 N–H and O–H groups in total. The molecule has 4 nitrogen and oxygen atoms in total. The third kappa shape index (κ3) is 2.34. The first-order chi connectivity index (χ1) is 8.32. The Balaban J connectivity index is 2.21. The summed E-state index contributed by atoms with van der Waals surface area (Å²) < 4.78 is 0.